The lowest BCUT2D eigenvalue weighted by atomic mass is 10.1. The van der Waals surface area contributed by atoms with Gasteiger partial charge in [0.1, 0.15) is 5.82 Å². The molecule has 1 aromatic heterocycles. The van der Waals surface area contributed by atoms with Crippen molar-refractivity contribution in [1.82, 2.24) is 10.2 Å². The van der Waals surface area contributed by atoms with Gasteiger partial charge >= 0.3 is 0 Å². The van der Waals surface area contributed by atoms with Crippen LogP contribution in [0, 0.1) is 5.82 Å². The summed E-state index contributed by atoms with van der Waals surface area (Å²) in [5.74, 6) is -0.0498. The number of nitrogens with zero attached hydrogens (tertiary/aromatic N) is 2. The minimum absolute atomic E-state index is 0.222. The van der Waals surface area contributed by atoms with E-state index in [1.807, 2.05) is 24.3 Å². The maximum Gasteiger partial charge on any atom is 0.256 e. The van der Waals surface area contributed by atoms with Crippen LogP contribution in [-0.4, -0.2) is 16.1 Å². The second-order valence-electron chi connectivity index (χ2n) is 5.44. The molecule has 0 aliphatic heterocycles. The summed E-state index contributed by atoms with van der Waals surface area (Å²) in [5, 5.41) is 13.7. The van der Waals surface area contributed by atoms with Gasteiger partial charge in [-0.2, -0.15) is 0 Å². The summed E-state index contributed by atoms with van der Waals surface area (Å²) in [6.45, 7) is 2.10. The minimum Gasteiger partial charge on any atom is -0.339 e. The molecule has 0 atom stereocenters. The number of anilines is 3. The molecule has 0 spiro atoms. The molecule has 0 aliphatic rings. The third kappa shape index (κ3) is 4.38. The van der Waals surface area contributed by atoms with E-state index in [1.165, 1.54) is 29.8 Å². The minimum atomic E-state index is -0.465. The van der Waals surface area contributed by atoms with Crippen LogP contribution in [0.2, 0.25) is 0 Å². The molecule has 0 saturated heterocycles. The number of hydrogen-bond donors (Lipinski definition) is 2. The molecule has 0 unspecified atom stereocenters. The fourth-order valence-electron chi connectivity index (χ4n) is 2.26. The van der Waals surface area contributed by atoms with Gasteiger partial charge in [-0.05, 0) is 54.4 Å². The van der Waals surface area contributed by atoms with Gasteiger partial charge in [0.25, 0.3) is 5.91 Å². The molecule has 2 N–H and O–H groups in total. The third-order valence-electron chi connectivity index (χ3n) is 3.63. The molecular weight excluding hydrogens is 319 g/mol. The zero-order valence-electron chi connectivity index (χ0n) is 13.7. The highest BCUT2D eigenvalue weighted by atomic mass is 19.1. The Kier molecular flexibility index (Phi) is 4.99. The molecule has 6 heteroatoms. The van der Waals surface area contributed by atoms with E-state index in [0.29, 0.717) is 11.6 Å². The summed E-state index contributed by atoms with van der Waals surface area (Å²) in [5.41, 5.74) is 2.38. The standard InChI is InChI=1S/C19H17FN4O/c1-2-13-6-8-16(9-7-13)21-17-10-11-18(24-23-17)22-19(25)14-4-3-5-15(20)12-14/h3-12H,2H2,1H3,(H,21,23)(H,22,24,25). The monoisotopic (exact) mass is 336 g/mol. The number of amides is 1. The largest absolute Gasteiger partial charge is 0.339 e. The smallest absolute Gasteiger partial charge is 0.256 e. The first kappa shape index (κ1) is 16.6. The summed E-state index contributed by atoms with van der Waals surface area (Å²) >= 11 is 0. The maximum absolute atomic E-state index is 13.2. The lowest BCUT2D eigenvalue weighted by Crippen LogP contribution is -2.13. The lowest BCUT2D eigenvalue weighted by molar-refractivity contribution is 0.102. The van der Waals surface area contributed by atoms with Gasteiger partial charge in [-0.25, -0.2) is 4.39 Å². The molecule has 126 valence electrons. The van der Waals surface area contributed by atoms with Crippen molar-refractivity contribution >= 4 is 23.2 Å². The first-order valence-corrected chi connectivity index (χ1v) is 7.90. The normalized spacial score (nSPS) is 10.3. The van der Waals surface area contributed by atoms with Crippen LogP contribution in [-0.2, 0) is 6.42 Å². The molecule has 3 rings (SSSR count). The van der Waals surface area contributed by atoms with Crippen LogP contribution in [0.1, 0.15) is 22.8 Å². The van der Waals surface area contributed by atoms with Crippen LogP contribution in [0.3, 0.4) is 0 Å². The van der Waals surface area contributed by atoms with E-state index in [1.54, 1.807) is 12.1 Å². The highest BCUT2D eigenvalue weighted by Crippen LogP contribution is 2.16. The highest BCUT2D eigenvalue weighted by molar-refractivity contribution is 6.03. The Bertz CT molecular complexity index is 863. The Morgan fingerprint density at radius 1 is 1.00 bits per heavy atom. The average Bonchev–Trinajstić information content (AvgIpc) is 2.64. The average molecular weight is 336 g/mol. The first-order valence-electron chi connectivity index (χ1n) is 7.90. The van der Waals surface area contributed by atoms with Gasteiger partial charge in [0, 0.05) is 11.3 Å². The molecule has 25 heavy (non-hydrogen) atoms. The Hall–Kier alpha value is -3.28. The molecule has 0 radical (unpaired) electrons. The zero-order valence-corrected chi connectivity index (χ0v) is 13.7. The van der Waals surface area contributed by atoms with Gasteiger partial charge in [-0.1, -0.05) is 25.1 Å². The van der Waals surface area contributed by atoms with Crippen LogP contribution >= 0.6 is 0 Å². The SMILES string of the molecule is CCc1ccc(Nc2ccc(NC(=O)c3cccc(F)c3)nn2)cc1. The van der Waals surface area contributed by atoms with Gasteiger partial charge in [0.05, 0.1) is 0 Å². The van der Waals surface area contributed by atoms with E-state index in [-0.39, 0.29) is 5.56 Å². The van der Waals surface area contributed by atoms with Crippen molar-refractivity contribution in [3.63, 3.8) is 0 Å². The van der Waals surface area contributed by atoms with Crippen LogP contribution in [0.5, 0.6) is 0 Å². The molecule has 1 heterocycles. The van der Waals surface area contributed by atoms with Crippen molar-refractivity contribution in [2.24, 2.45) is 0 Å². The number of halogens is 1. The summed E-state index contributed by atoms with van der Waals surface area (Å²) < 4.78 is 13.2. The molecule has 0 fully saturated rings. The summed E-state index contributed by atoms with van der Waals surface area (Å²) in [6, 6.07) is 16.8. The van der Waals surface area contributed by atoms with E-state index in [2.05, 4.69) is 27.8 Å². The number of carbonyl (C=O) groups is 1. The Morgan fingerprint density at radius 2 is 1.72 bits per heavy atom. The lowest BCUT2D eigenvalue weighted by Gasteiger charge is -2.07. The predicted molar refractivity (Wildman–Crippen MR) is 95.5 cm³/mol. The number of aromatic nitrogens is 2. The van der Waals surface area contributed by atoms with E-state index in [0.717, 1.165) is 12.1 Å². The Labute approximate surface area is 144 Å². The molecule has 1 amide bonds. The van der Waals surface area contributed by atoms with Crippen LogP contribution in [0.25, 0.3) is 0 Å². The number of aryl methyl sites for hydroxylation is 1. The molecular formula is C19H17FN4O. The van der Waals surface area contributed by atoms with Gasteiger partial charge in [0.15, 0.2) is 11.6 Å². The number of hydrogen-bond acceptors (Lipinski definition) is 4. The molecule has 5 nitrogen and oxygen atoms in total. The third-order valence-corrected chi connectivity index (χ3v) is 3.63. The number of carbonyl (C=O) groups excluding carboxylic acids is 1. The van der Waals surface area contributed by atoms with Crippen LogP contribution in [0.15, 0.2) is 60.7 Å². The maximum atomic E-state index is 13.2. The van der Waals surface area contributed by atoms with Crippen molar-refractivity contribution in [1.29, 1.82) is 0 Å². The van der Waals surface area contributed by atoms with Gasteiger partial charge < -0.3 is 10.6 Å². The molecule has 2 aromatic carbocycles. The molecule has 0 bridgehead atoms. The summed E-state index contributed by atoms with van der Waals surface area (Å²) in [7, 11) is 0. The molecule has 0 aliphatic carbocycles. The van der Waals surface area contributed by atoms with Gasteiger partial charge in [-0.3, -0.25) is 4.79 Å². The molecule has 3 aromatic rings. The summed E-state index contributed by atoms with van der Waals surface area (Å²) in [6.07, 6.45) is 0.986. The van der Waals surface area contributed by atoms with Crippen LogP contribution < -0.4 is 10.6 Å². The van der Waals surface area contributed by atoms with E-state index >= 15 is 0 Å². The van der Waals surface area contributed by atoms with Crippen molar-refractivity contribution in [2.45, 2.75) is 13.3 Å². The van der Waals surface area contributed by atoms with Gasteiger partial charge in [0.2, 0.25) is 0 Å². The van der Waals surface area contributed by atoms with Crippen molar-refractivity contribution < 1.29 is 9.18 Å². The fraction of sp³-hybridized carbons (Fsp3) is 0.105. The van der Waals surface area contributed by atoms with Crippen LogP contribution in [0.4, 0.5) is 21.7 Å². The number of benzene rings is 2. The van der Waals surface area contributed by atoms with Crippen molar-refractivity contribution in [3.8, 4) is 0 Å². The first-order chi connectivity index (χ1) is 12.1. The van der Waals surface area contributed by atoms with E-state index < -0.39 is 11.7 Å². The molecule has 0 saturated carbocycles. The fourth-order valence-corrected chi connectivity index (χ4v) is 2.26. The van der Waals surface area contributed by atoms with Gasteiger partial charge in [-0.15, -0.1) is 10.2 Å². The second kappa shape index (κ2) is 7.53. The number of nitrogens with one attached hydrogen (secondary N) is 2. The topological polar surface area (TPSA) is 66.9 Å². The van der Waals surface area contributed by atoms with Crippen molar-refractivity contribution in [3.05, 3.63) is 77.6 Å². The second-order valence-corrected chi connectivity index (χ2v) is 5.44. The quantitative estimate of drug-likeness (QED) is 0.734. The highest BCUT2D eigenvalue weighted by Gasteiger charge is 2.08. The summed E-state index contributed by atoms with van der Waals surface area (Å²) in [4.78, 5) is 12.0. The van der Waals surface area contributed by atoms with E-state index in [4.69, 9.17) is 0 Å². The van der Waals surface area contributed by atoms with Crippen molar-refractivity contribution in [2.75, 3.05) is 10.6 Å². The Balaban J connectivity index is 1.64. The zero-order chi connectivity index (χ0) is 17.6. The Morgan fingerprint density at radius 3 is 2.36 bits per heavy atom. The predicted octanol–water partition coefficient (Wildman–Crippen LogP) is 4.17. The van der Waals surface area contributed by atoms with E-state index in [9.17, 15) is 9.18 Å². The number of rotatable bonds is 5.